The third-order valence-electron chi connectivity index (χ3n) is 3.72. The number of rotatable bonds is 7. The first-order valence-electron chi connectivity index (χ1n) is 7.91. The first-order chi connectivity index (χ1) is 11.5. The van der Waals surface area contributed by atoms with Gasteiger partial charge in [-0.15, -0.1) is 6.58 Å². The first kappa shape index (κ1) is 18.6. The maximum absolute atomic E-state index is 11.3. The number of benzene rings is 1. The van der Waals surface area contributed by atoms with Crippen molar-refractivity contribution in [1.29, 1.82) is 0 Å². The number of aliphatic hydroxyl groups is 1. The zero-order chi connectivity index (χ0) is 17.5. The molecule has 1 aromatic carbocycles. The van der Waals surface area contributed by atoms with E-state index in [4.69, 9.17) is 18.9 Å². The van der Waals surface area contributed by atoms with Crippen LogP contribution in [-0.2, 0) is 30.3 Å². The van der Waals surface area contributed by atoms with Crippen LogP contribution in [0.15, 0.2) is 43.0 Å². The summed E-state index contributed by atoms with van der Waals surface area (Å²) in [6, 6.07) is 9.61. The predicted octanol–water partition coefficient (Wildman–Crippen LogP) is 1.81. The van der Waals surface area contributed by atoms with Crippen LogP contribution in [0.4, 0.5) is 0 Å². The largest absolute Gasteiger partial charge is 0.454 e. The van der Waals surface area contributed by atoms with E-state index in [2.05, 4.69) is 6.58 Å². The van der Waals surface area contributed by atoms with Crippen LogP contribution >= 0.6 is 0 Å². The molecular weight excluding hydrogens is 312 g/mol. The fourth-order valence-corrected chi connectivity index (χ4v) is 2.61. The first-order valence-corrected chi connectivity index (χ1v) is 7.91. The average molecular weight is 336 g/mol. The molecule has 1 N–H and O–H groups in total. The molecule has 5 atom stereocenters. The number of carbonyl (C=O) groups excluding carboxylic acids is 1. The molecular formula is C18H24O6. The Balaban J connectivity index is 2.05. The van der Waals surface area contributed by atoms with Crippen molar-refractivity contribution in [3.8, 4) is 0 Å². The van der Waals surface area contributed by atoms with Crippen LogP contribution in [0.5, 0.6) is 0 Å². The van der Waals surface area contributed by atoms with Gasteiger partial charge in [-0.3, -0.25) is 4.79 Å². The minimum atomic E-state index is -1.06. The molecule has 132 valence electrons. The molecule has 1 aromatic rings. The molecule has 24 heavy (non-hydrogen) atoms. The molecule has 0 spiro atoms. The van der Waals surface area contributed by atoms with Gasteiger partial charge in [-0.1, -0.05) is 36.4 Å². The van der Waals surface area contributed by atoms with E-state index in [1.807, 2.05) is 30.3 Å². The molecule has 6 nitrogen and oxygen atoms in total. The molecule has 0 unspecified atom stereocenters. The molecule has 6 heteroatoms. The van der Waals surface area contributed by atoms with Crippen molar-refractivity contribution in [1.82, 2.24) is 0 Å². The van der Waals surface area contributed by atoms with Gasteiger partial charge in [0.1, 0.15) is 12.2 Å². The molecule has 1 aliphatic heterocycles. The van der Waals surface area contributed by atoms with Gasteiger partial charge in [0.05, 0.1) is 19.3 Å². The van der Waals surface area contributed by atoms with E-state index in [-0.39, 0.29) is 6.61 Å². The number of esters is 1. The van der Waals surface area contributed by atoms with E-state index in [0.717, 1.165) is 5.56 Å². The van der Waals surface area contributed by atoms with E-state index >= 15 is 0 Å². The summed E-state index contributed by atoms with van der Waals surface area (Å²) < 4.78 is 22.2. The molecule has 0 amide bonds. The van der Waals surface area contributed by atoms with Crippen molar-refractivity contribution in [2.45, 2.75) is 51.2 Å². The van der Waals surface area contributed by atoms with Gasteiger partial charge in [-0.05, 0) is 12.5 Å². The van der Waals surface area contributed by atoms with Crippen LogP contribution < -0.4 is 0 Å². The van der Waals surface area contributed by atoms with Gasteiger partial charge in [-0.25, -0.2) is 0 Å². The maximum atomic E-state index is 11.3. The lowest BCUT2D eigenvalue weighted by atomic mass is 9.99. The fraction of sp³-hybridized carbons (Fsp3) is 0.500. The topological polar surface area (TPSA) is 74.2 Å². The summed E-state index contributed by atoms with van der Waals surface area (Å²) in [7, 11) is 0. The summed E-state index contributed by atoms with van der Waals surface area (Å²) in [6.07, 6.45) is -2.39. The van der Waals surface area contributed by atoms with Crippen molar-refractivity contribution in [3.05, 3.63) is 48.6 Å². The van der Waals surface area contributed by atoms with Crippen LogP contribution in [0.25, 0.3) is 0 Å². The molecule has 1 saturated heterocycles. The normalized spacial score (nSPS) is 29.9. The number of ether oxygens (including phenoxy) is 4. The lowest BCUT2D eigenvalue weighted by molar-refractivity contribution is -0.301. The van der Waals surface area contributed by atoms with Crippen LogP contribution in [0.3, 0.4) is 0 Å². The van der Waals surface area contributed by atoms with Gasteiger partial charge in [0.2, 0.25) is 0 Å². The Hall–Kier alpha value is -1.73. The van der Waals surface area contributed by atoms with E-state index in [9.17, 15) is 9.90 Å². The van der Waals surface area contributed by atoms with E-state index in [1.165, 1.54) is 6.92 Å². The molecule has 0 saturated carbocycles. The van der Waals surface area contributed by atoms with Crippen LogP contribution in [0.1, 0.15) is 19.4 Å². The molecule has 1 fully saturated rings. The lowest BCUT2D eigenvalue weighted by Gasteiger charge is -2.42. The molecule has 2 rings (SSSR count). The molecule has 0 aromatic heterocycles. The van der Waals surface area contributed by atoms with Gasteiger partial charge < -0.3 is 24.1 Å². The van der Waals surface area contributed by atoms with Gasteiger partial charge in [0, 0.05) is 6.92 Å². The zero-order valence-corrected chi connectivity index (χ0v) is 14.0. The highest BCUT2D eigenvalue weighted by atomic mass is 16.7. The zero-order valence-electron chi connectivity index (χ0n) is 14.0. The summed E-state index contributed by atoms with van der Waals surface area (Å²) in [5, 5.41) is 10.6. The molecule has 0 radical (unpaired) electrons. The maximum Gasteiger partial charge on any atom is 0.303 e. The summed E-state index contributed by atoms with van der Waals surface area (Å²) in [4.78, 5) is 11.3. The summed E-state index contributed by atoms with van der Waals surface area (Å²) in [6.45, 7) is 7.17. The second-order valence-electron chi connectivity index (χ2n) is 5.66. The van der Waals surface area contributed by atoms with Crippen molar-refractivity contribution in [2.75, 3.05) is 6.61 Å². The van der Waals surface area contributed by atoms with Gasteiger partial charge in [0.15, 0.2) is 12.4 Å². The fourth-order valence-electron chi connectivity index (χ4n) is 2.61. The number of aliphatic hydroxyl groups excluding tert-OH is 1. The highest BCUT2D eigenvalue weighted by Crippen LogP contribution is 2.27. The third kappa shape index (κ3) is 4.88. The Labute approximate surface area is 142 Å². The van der Waals surface area contributed by atoms with E-state index in [1.54, 1.807) is 13.0 Å². The van der Waals surface area contributed by atoms with Crippen molar-refractivity contribution in [2.24, 2.45) is 0 Å². The highest BCUT2D eigenvalue weighted by molar-refractivity contribution is 5.66. The highest BCUT2D eigenvalue weighted by Gasteiger charge is 2.46. The van der Waals surface area contributed by atoms with Crippen LogP contribution in [0.2, 0.25) is 0 Å². The van der Waals surface area contributed by atoms with Gasteiger partial charge in [-0.2, -0.15) is 0 Å². The Morgan fingerprint density at radius 2 is 2.00 bits per heavy atom. The quantitative estimate of drug-likeness (QED) is 0.605. The Morgan fingerprint density at radius 1 is 1.29 bits per heavy atom. The van der Waals surface area contributed by atoms with Gasteiger partial charge >= 0.3 is 5.97 Å². The SMILES string of the molecule is C=CCO[C@@H]1O[C@@H](C)[C@H](OCc2ccccc2)[C@@H](O)[C@H]1OC(C)=O. The standard InChI is InChI=1S/C18H24O6/c1-4-10-21-18-17(24-13(3)19)15(20)16(12(2)23-18)22-11-14-8-6-5-7-9-14/h4-9,12,15-18,20H,1,10-11H2,2-3H3/t12-,15+,16-,17+,18+/m0/s1. The number of carbonyl (C=O) groups is 1. The monoisotopic (exact) mass is 336 g/mol. The predicted molar refractivity (Wildman–Crippen MR) is 87.1 cm³/mol. The minimum Gasteiger partial charge on any atom is -0.454 e. The Bertz CT molecular complexity index is 532. The van der Waals surface area contributed by atoms with Gasteiger partial charge in [0.25, 0.3) is 0 Å². The minimum absolute atomic E-state index is 0.220. The smallest absolute Gasteiger partial charge is 0.303 e. The van der Waals surface area contributed by atoms with Crippen molar-refractivity contribution < 1.29 is 28.8 Å². The third-order valence-corrected chi connectivity index (χ3v) is 3.72. The Morgan fingerprint density at radius 3 is 2.62 bits per heavy atom. The number of hydrogen-bond donors (Lipinski definition) is 1. The van der Waals surface area contributed by atoms with Crippen molar-refractivity contribution >= 4 is 5.97 Å². The lowest BCUT2D eigenvalue weighted by Crippen LogP contribution is -2.59. The second kappa shape index (κ2) is 8.94. The van der Waals surface area contributed by atoms with Crippen molar-refractivity contribution in [3.63, 3.8) is 0 Å². The second-order valence-corrected chi connectivity index (χ2v) is 5.66. The van der Waals surface area contributed by atoms with Crippen LogP contribution in [0, 0.1) is 0 Å². The molecule has 0 bridgehead atoms. The van der Waals surface area contributed by atoms with E-state index in [0.29, 0.717) is 6.61 Å². The molecule has 0 aliphatic carbocycles. The molecule has 1 heterocycles. The Kier molecular flexibility index (Phi) is 6.93. The summed E-state index contributed by atoms with van der Waals surface area (Å²) in [5.41, 5.74) is 0.978. The van der Waals surface area contributed by atoms with Crippen LogP contribution in [-0.4, -0.2) is 48.4 Å². The average Bonchev–Trinajstić information content (AvgIpc) is 2.56. The summed E-state index contributed by atoms with van der Waals surface area (Å²) in [5.74, 6) is -0.522. The van der Waals surface area contributed by atoms with E-state index < -0.39 is 36.7 Å². The summed E-state index contributed by atoms with van der Waals surface area (Å²) >= 11 is 0. The number of hydrogen-bond acceptors (Lipinski definition) is 6. The molecule has 1 aliphatic rings.